The lowest BCUT2D eigenvalue weighted by Gasteiger charge is -2.29. The van der Waals surface area contributed by atoms with Gasteiger partial charge in [-0.1, -0.05) is 11.8 Å². The van der Waals surface area contributed by atoms with Crippen LogP contribution in [0, 0.1) is 6.92 Å². The van der Waals surface area contributed by atoms with E-state index in [2.05, 4.69) is 21.4 Å². The number of hydrogen-bond acceptors (Lipinski definition) is 6. The second-order valence-electron chi connectivity index (χ2n) is 5.36. The molecule has 2 aromatic heterocycles. The van der Waals surface area contributed by atoms with Gasteiger partial charge in [-0.05, 0) is 37.3 Å². The summed E-state index contributed by atoms with van der Waals surface area (Å²) in [6.07, 6.45) is 0.948. The Morgan fingerprint density at radius 3 is 3.09 bits per heavy atom. The summed E-state index contributed by atoms with van der Waals surface area (Å²) in [5, 5.41) is 2.44. The lowest BCUT2D eigenvalue weighted by atomic mass is 10.1. The smallest absolute Gasteiger partial charge is 0.236 e. The Kier molecular flexibility index (Phi) is 4.35. The van der Waals surface area contributed by atoms with E-state index in [4.69, 9.17) is 5.73 Å². The van der Waals surface area contributed by atoms with Gasteiger partial charge in [0.2, 0.25) is 5.91 Å². The maximum Gasteiger partial charge on any atom is 0.236 e. The molecule has 2 aromatic rings. The first kappa shape index (κ1) is 15.3. The summed E-state index contributed by atoms with van der Waals surface area (Å²) in [7, 11) is 0. The van der Waals surface area contributed by atoms with Gasteiger partial charge in [-0.15, -0.1) is 11.3 Å². The van der Waals surface area contributed by atoms with Crippen LogP contribution in [-0.2, 0) is 17.8 Å². The Morgan fingerprint density at radius 1 is 1.50 bits per heavy atom. The average molecular weight is 334 g/mol. The van der Waals surface area contributed by atoms with E-state index in [0.29, 0.717) is 17.5 Å². The number of carbonyl (C=O) groups excluding carboxylic acids is 1. The molecule has 22 heavy (non-hydrogen) atoms. The van der Waals surface area contributed by atoms with Gasteiger partial charge >= 0.3 is 0 Å². The van der Waals surface area contributed by atoms with E-state index in [9.17, 15) is 4.79 Å². The topological polar surface area (TPSA) is 72.1 Å². The van der Waals surface area contributed by atoms with E-state index in [-0.39, 0.29) is 11.2 Å². The van der Waals surface area contributed by atoms with Crippen molar-refractivity contribution in [2.45, 2.75) is 37.2 Å². The van der Waals surface area contributed by atoms with E-state index >= 15 is 0 Å². The van der Waals surface area contributed by atoms with Crippen molar-refractivity contribution in [2.75, 3.05) is 12.3 Å². The summed E-state index contributed by atoms with van der Waals surface area (Å²) in [5.41, 5.74) is 7.83. The number of thioether (sulfide) groups is 1. The number of nitrogen functional groups attached to an aromatic ring is 1. The third-order valence-corrected chi connectivity index (χ3v) is 5.57. The first-order valence-corrected chi connectivity index (χ1v) is 8.90. The third-order valence-electron chi connectivity index (χ3n) is 3.60. The minimum Gasteiger partial charge on any atom is -0.384 e. The molecule has 0 radical (unpaired) electrons. The number of thiophene rings is 1. The average Bonchev–Trinajstić information content (AvgIpc) is 2.92. The monoisotopic (exact) mass is 334 g/mol. The highest BCUT2D eigenvalue weighted by atomic mass is 32.2. The van der Waals surface area contributed by atoms with Gasteiger partial charge in [-0.2, -0.15) is 0 Å². The molecule has 1 aliphatic rings. The van der Waals surface area contributed by atoms with Crippen LogP contribution in [0.2, 0.25) is 0 Å². The summed E-state index contributed by atoms with van der Waals surface area (Å²) < 4.78 is 0. The lowest BCUT2D eigenvalue weighted by Crippen LogP contribution is -2.39. The third kappa shape index (κ3) is 3.25. The fourth-order valence-electron chi connectivity index (χ4n) is 2.52. The number of aryl methyl sites for hydroxylation is 1. The second kappa shape index (κ2) is 6.26. The molecule has 1 aliphatic heterocycles. The molecular formula is C15H18N4OS2. The largest absolute Gasteiger partial charge is 0.384 e. The first-order chi connectivity index (χ1) is 10.5. The molecule has 1 atom stereocenters. The van der Waals surface area contributed by atoms with Gasteiger partial charge in [0.05, 0.1) is 5.25 Å². The minimum absolute atomic E-state index is 0.130. The molecule has 2 N–H and O–H groups in total. The Bertz CT molecular complexity index is 680. The maximum absolute atomic E-state index is 12.6. The Balaban J connectivity index is 1.67. The highest BCUT2D eigenvalue weighted by Crippen LogP contribution is 2.27. The number of hydrogen-bond donors (Lipinski definition) is 1. The fourth-order valence-corrected chi connectivity index (χ4v) is 4.33. The predicted molar refractivity (Wildman–Crippen MR) is 89.9 cm³/mol. The maximum atomic E-state index is 12.6. The lowest BCUT2D eigenvalue weighted by molar-refractivity contribution is -0.131. The van der Waals surface area contributed by atoms with Crippen LogP contribution in [0.3, 0.4) is 0 Å². The van der Waals surface area contributed by atoms with Gasteiger partial charge in [0.15, 0.2) is 5.16 Å². The van der Waals surface area contributed by atoms with Crippen LogP contribution in [0.25, 0.3) is 0 Å². The van der Waals surface area contributed by atoms with Crippen LogP contribution < -0.4 is 5.73 Å². The van der Waals surface area contributed by atoms with Crippen LogP contribution in [0.5, 0.6) is 0 Å². The molecule has 0 fully saturated rings. The number of nitrogens with two attached hydrogens (primary N) is 1. The van der Waals surface area contributed by atoms with Gasteiger partial charge in [0, 0.05) is 29.7 Å². The van der Waals surface area contributed by atoms with E-state index < -0.39 is 0 Å². The molecule has 0 aliphatic carbocycles. The van der Waals surface area contributed by atoms with Crippen LogP contribution in [0.4, 0.5) is 5.82 Å². The highest BCUT2D eigenvalue weighted by molar-refractivity contribution is 8.00. The zero-order chi connectivity index (χ0) is 15.7. The SMILES string of the molecule is Cc1cc(N)nc(S[C@H](C)C(=O)N2CCc3sccc3C2)n1. The normalized spacial score (nSPS) is 15.5. The Morgan fingerprint density at radius 2 is 2.32 bits per heavy atom. The van der Waals surface area contributed by atoms with Crippen molar-refractivity contribution >= 4 is 34.8 Å². The molecule has 116 valence electrons. The van der Waals surface area contributed by atoms with Crippen LogP contribution in [-0.4, -0.2) is 32.6 Å². The molecule has 0 bridgehead atoms. The van der Waals surface area contributed by atoms with Gasteiger partial charge in [-0.25, -0.2) is 9.97 Å². The summed E-state index contributed by atoms with van der Waals surface area (Å²) in [6, 6.07) is 3.83. The zero-order valence-electron chi connectivity index (χ0n) is 12.6. The van der Waals surface area contributed by atoms with Crippen molar-refractivity contribution in [1.82, 2.24) is 14.9 Å². The van der Waals surface area contributed by atoms with Crippen molar-refractivity contribution in [3.8, 4) is 0 Å². The molecule has 7 heteroatoms. The quantitative estimate of drug-likeness (QED) is 0.690. The summed E-state index contributed by atoms with van der Waals surface area (Å²) >= 11 is 3.14. The van der Waals surface area contributed by atoms with E-state index in [1.165, 1.54) is 22.2 Å². The number of fused-ring (bicyclic) bond motifs is 1. The minimum atomic E-state index is -0.221. The number of aromatic nitrogens is 2. The number of carbonyl (C=O) groups is 1. The molecule has 0 saturated carbocycles. The van der Waals surface area contributed by atoms with Crippen LogP contribution >= 0.6 is 23.1 Å². The zero-order valence-corrected chi connectivity index (χ0v) is 14.2. The van der Waals surface area contributed by atoms with Crippen LogP contribution in [0.15, 0.2) is 22.7 Å². The number of anilines is 1. The van der Waals surface area contributed by atoms with Crippen LogP contribution in [0.1, 0.15) is 23.1 Å². The molecule has 0 saturated heterocycles. The summed E-state index contributed by atoms with van der Waals surface area (Å²) in [4.78, 5) is 24.5. The first-order valence-electron chi connectivity index (χ1n) is 7.15. The van der Waals surface area contributed by atoms with Crippen molar-refractivity contribution in [3.63, 3.8) is 0 Å². The summed E-state index contributed by atoms with van der Waals surface area (Å²) in [6.45, 7) is 5.27. The molecule has 1 amide bonds. The molecule has 3 heterocycles. The van der Waals surface area contributed by atoms with Crippen molar-refractivity contribution in [3.05, 3.63) is 33.6 Å². The standard InChI is InChI=1S/C15H18N4OS2/c1-9-7-13(16)18-15(17-9)22-10(2)14(20)19-5-3-12-11(8-19)4-6-21-12/h4,6-7,10H,3,5,8H2,1-2H3,(H2,16,17,18)/t10-/m1/s1. The van der Waals surface area contributed by atoms with Gasteiger partial charge in [-0.3, -0.25) is 4.79 Å². The number of nitrogens with zero attached hydrogens (tertiary/aromatic N) is 3. The van der Waals surface area contributed by atoms with Crippen molar-refractivity contribution < 1.29 is 4.79 Å². The highest BCUT2D eigenvalue weighted by Gasteiger charge is 2.26. The van der Waals surface area contributed by atoms with Crippen molar-refractivity contribution in [2.24, 2.45) is 0 Å². The van der Waals surface area contributed by atoms with Gasteiger partial charge in [0.1, 0.15) is 5.82 Å². The Hall–Kier alpha value is -1.60. The molecule has 0 unspecified atom stereocenters. The second-order valence-corrected chi connectivity index (χ2v) is 7.66. The Labute approximate surface area is 138 Å². The van der Waals surface area contributed by atoms with E-state index in [1.54, 1.807) is 17.4 Å². The molecular weight excluding hydrogens is 316 g/mol. The molecule has 0 aromatic carbocycles. The molecule has 3 rings (SSSR count). The number of amides is 1. The molecule has 5 nitrogen and oxygen atoms in total. The van der Waals surface area contributed by atoms with Gasteiger partial charge < -0.3 is 10.6 Å². The summed E-state index contributed by atoms with van der Waals surface area (Å²) in [5.74, 6) is 0.570. The fraction of sp³-hybridized carbons (Fsp3) is 0.400. The van der Waals surface area contributed by atoms with Gasteiger partial charge in [0.25, 0.3) is 0 Å². The number of rotatable bonds is 3. The molecule has 0 spiro atoms. The predicted octanol–water partition coefficient (Wildman–Crippen LogP) is 2.49. The van der Waals surface area contributed by atoms with Crippen molar-refractivity contribution in [1.29, 1.82) is 0 Å². The van der Waals surface area contributed by atoms with E-state index in [0.717, 1.165) is 18.7 Å². The van der Waals surface area contributed by atoms with E-state index in [1.807, 2.05) is 18.7 Å².